The second-order valence-corrected chi connectivity index (χ2v) is 12.1. The molecule has 1 aliphatic heterocycles. The largest absolute Gasteiger partial charge is 0.417 e. The first-order valence-corrected chi connectivity index (χ1v) is 14.9. The van der Waals surface area contributed by atoms with Gasteiger partial charge in [-0.2, -0.15) is 18.3 Å². The Balaban J connectivity index is 1.39. The molecule has 3 fully saturated rings. The van der Waals surface area contributed by atoms with Gasteiger partial charge in [-0.1, -0.05) is 31.0 Å². The fourth-order valence-corrected chi connectivity index (χ4v) is 6.30. The number of amides is 2. The summed E-state index contributed by atoms with van der Waals surface area (Å²) >= 11 is 0. The number of aromatic nitrogens is 2. The number of carbonyl (C=O) groups is 2. The van der Waals surface area contributed by atoms with Crippen molar-refractivity contribution < 1.29 is 31.5 Å². The first-order valence-electron chi connectivity index (χ1n) is 14.9. The number of nitrogens with zero attached hydrogens (tertiary/aromatic N) is 3. The number of hydrogen-bond acceptors (Lipinski definition) is 4. The second kappa shape index (κ2) is 12.3. The van der Waals surface area contributed by atoms with Crippen LogP contribution >= 0.6 is 0 Å². The summed E-state index contributed by atoms with van der Waals surface area (Å²) in [5.41, 5.74) is -0.688. The molecule has 7 nitrogen and oxygen atoms in total. The molecule has 12 heteroatoms. The van der Waals surface area contributed by atoms with Crippen molar-refractivity contribution in [2.24, 2.45) is 0 Å². The van der Waals surface area contributed by atoms with Gasteiger partial charge in [-0.15, -0.1) is 0 Å². The summed E-state index contributed by atoms with van der Waals surface area (Å²) in [6, 6.07) is 5.59. The summed E-state index contributed by atoms with van der Waals surface area (Å²) in [7, 11) is 0. The van der Waals surface area contributed by atoms with Gasteiger partial charge in [0.1, 0.15) is 0 Å². The number of halogens is 5. The van der Waals surface area contributed by atoms with Gasteiger partial charge in [0.05, 0.1) is 23.8 Å². The van der Waals surface area contributed by atoms with Gasteiger partial charge in [0.15, 0.2) is 5.69 Å². The van der Waals surface area contributed by atoms with Crippen molar-refractivity contribution in [3.63, 3.8) is 0 Å². The molecule has 5 rings (SSSR count). The van der Waals surface area contributed by atoms with Crippen molar-refractivity contribution in [3.8, 4) is 11.3 Å². The van der Waals surface area contributed by atoms with Crippen LogP contribution in [0.25, 0.3) is 11.3 Å². The van der Waals surface area contributed by atoms with Crippen LogP contribution < -0.4 is 10.6 Å². The summed E-state index contributed by atoms with van der Waals surface area (Å²) in [4.78, 5) is 28.0. The SMILES string of the molecule is CC(CC(CC(=O)NC1CCC1)NC(=O)c1cc(-c2ccccc2C(F)(F)F)n(C2CCCC2)n1)N1CCC(F)(F)C1. The number of benzene rings is 1. The lowest BCUT2D eigenvalue weighted by molar-refractivity contribution is -0.137. The van der Waals surface area contributed by atoms with Crippen molar-refractivity contribution in [1.29, 1.82) is 0 Å². The maximum atomic E-state index is 13.9. The van der Waals surface area contributed by atoms with Crippen molar-refractivity contribution in [1.82, 2.24) is 25.3 Å². The Morgan fingerprint density at radius 2 is 1.81 bits per heavy atom. The number of nitrogens with one attached hydrogen (secondary N) is 2. The number of likely N-dealkylation sites (tertiary alicyclic amines) is 1. The average Bonchev–Trinajstić information content (AvgIpc) is 3.65. The van der Waals surface area contributed by atoms with Crippen LogP contribution in [0.4, 0.5) is 22.0 Å². The zero-order valence-electron chi connectivity index (χ0n) is 23.7. The molecule has 2 unspecified atom stereocenters. The minimum Gasteiger partial charge on any atom is -0.353 e. The van der Waals surface area contributed by atoms with E-state index in [0.717, 1.165) is 51.0 Å². The van der Waals surface area contributed by atoms with Crippen LogP contribution in [0.15, 0.2) is 30.3 Å². The second-order valence-electron chi connectivity index (χ2n) is 12.1. The van der Waals surface area contributed by atoms with E-state index in [2.05, 4.69) is 15.7 Å². The van der Waals surface area contributed by atoms with Gasteiger partial charge in [0, 0.05) is 43.1 Å². The summed E-state index contributed by atoms with van der Waals surface area (Å²) in [6.45, 7) is 1.64. The van der Waals surface area contributed by atoms with Crippen LogP contribution in [0.1, 0.15) is 93.2 Å². The smallest absolute Gasteiger partial charge is 0.353 e. The van der Waals surface area contributed by atoms with E-state index in [9.17, 15) is 31.5 Å². The van der Waals surface area contributed by atoms with Gasteiger partial charge in [-0.05, 0) is 57.6 Å². The monoisotopic (exact) mass is 595 g/mol. The van der Waals surface area contributed by atoms with E-state index >= 15 is 0 Å². The Morgan fingerprint density at radius 1 is 1.10 bits per heavy atom. The first-order chi connectivity index (χ1) is 19.9. The number of rotatable bonds is 10. The third kappa shape index (κ3) is 7.12. The van der Waals surface area contributed by atoms with Crippen molar-refractivity contribution in [2.75, 3.05) is 13.1 Å². The van der Waals surface area contributed by atoms with E-state index in [0.29, 0.717) is 0 Å². The van der Waals surface area contributed by atoms with Gasteiger partial charge in [-0.25, -0.2) is 8.78 Å². The predicted molar refractivity (Wildman–Crippen MR) is 147 cm³/mol. The predicted octanol–water partition coefficient (Wildman–Crippen LogP) is 5.96. The Bertz CT molecular complexity index is 1270. The Morgan fingerprint density at radius 3 is 2.43 bits per heavy atom. The molecule has 2 amide bonds. The molecule has 1 aromatic heterocycles. The van der Waals surface area contributed by atoms with Gasteiger partial charge in [-0.3, -0.25) is 19.2 Å². The summed E-state index contributed by atoms with van der Waals surface area (Å²) in [5.74, 6) is -3.62. The molecule has 2 saturated carbocycles. The van der Waals surface area contributed by atoms with E-state index in [1.165, 1.54) is 24.3 Å². The minimum atomic E-state index is -4.59. The van der Waals surface area contributed by atoms with E-state index < -0.39 is 29.6 Å². The van der Waals surface area contributed by atoms with E-state index in [4.69, 9.17) is 0 Å². The third-order valence-corrected chi connectivity index (χ3v) is 8.83. The quantitative estimate of drug-likeness (QED) is 0.332. The zero-order valence-corrected chi connectivity index (χ0v) is 23.7. The minimum absolute atomic E-state index is 0.0378. The highest BCUT2D eigenvalue weighted by Gasteiger charge is 2.40. The fourth-order valence-electron chi connectivity index (χ4n) is 6.30. The van der Waals surface area contributed by atoms with Crippen molar-refractivity contribution >= 4 is 11.8 Å². The van der Waals surface area contributed by atoms with Gasteiger partial charge < -0.3 is 10.6 Å². The standard InChI is InChI=1S/C30H38F5N5O2/c1-19(39-14-13-29(31,32)18-39)15-21(16-27(41)36-20-7-6-8-20)37-28(42)25-17-26(40(38-25)22-9-2-3-10-22)23-11-4-5-12-24(23)30(33,34)35/h4-5,11-12,17,19-22H,2-3,6-10,13-16,18H2,1H3,(H,36,41)(H,37,42). The Labute approximate surface area is 242 Å². The topological polar surface area (TPSA) is 79.3 Å². The molecular formula is C30H38F5N5O2. The Hall–Kier alpha value is -3.02. The molecule has 2 heterocycles. The highest BCUT2D eigenvalue weighted by atomic mass is 19.4. The van der Waals surface area contributed by atoms with Crippen LogP contribution in [0.3, 0.4) is 0 Å². The molecular weight excluding hydrogens is 557 g/mol. The van der Waals surface area contributed by atoms with Gasteiger partial charge in [0.25, 0.3) is 11.8 Å². The average molecular weight is 596 g/mol. The highest BCUT2D eigenvalue weighted by Crippen LogP contribution is 2.40. The van der Waals surface area contributed by atoms with Crippen LogP contribution in [-0.4, -0.2) is 63.6 Å². The molecule has 42 heavy (non-hydrogen) atoms. The molecule has 2 atom stereocenters. The maximum Gasteiger partial charge on any atom is 0.417 e. The van der Waals surface area contributed by atoms with E-state index in [1.807, 2.05) is 0 Å². The molecule has 1 saturated heterocycles. The Kier molecular flexibility index (Phi) is 8.91. The highest BCUT2D eigenvalue weighted by molar-refractivity contribution is 5.94. The molecule has 2 aromatic rings. The molecule has 3 aliphatic rings. The molecule has 230 valence electrons. The van der Waals surface area contributed by atoms with Crippen LogP contribution in [0, 0.1) is 0 Å². The normalized spacial score (nSPS) is 21.2. The summed E-state index contributed by atoms with van der Waals surface area (Å²) < 4.78 is 71.1. The van der Waals surface area contributed by atoms with Crippen LogP contribution in [0.2, 0.25) is 0 Å². The fraction of sp³-hybridized carbons (Fsp3) is 0.633. The molecule has 0 spiro atoms. The molecule has 0 radical (unpaired) electrons. The van der Waals surface area contributed by atoms with Crippen molar-refractivity contribution in [2.45, 2.75) is 107 Å². The first kappa shape index (κ1) is 30.4. The molecule has 0 bridgehead atoms. The lowest BCUT2D eigenvalue weighted by atomic mass is 9.93. The van der Waals surface area contributed by atoms with E-state index in [1.54, 1.807) is 16.5 Å². The zero-order chi connectivity index (χ0) is 30.1. The van der Waals surface area contributed by atoms with Crippen molar-refractivity contribution in [3.05, 3.63) is 41.6 Å². The molecule has 1 aromatic carbocycles. The molecule has 2 N–H and O–H groups in total. The number of hydrogen-bond donors (Lipinski definition) is 2. The summed E-state index contributed by atoms with van der Waals surface area (Å²) in [6.07, 6.45) is 1.52. The molecule has 2 aliphatic carbocycles. The van der Waals surface area contributed by atoms with E-state index in [-0.39, 0.29) is 73.3 Å². The van der Waals surface area contributed by atoms with Crippen LogP contribution in [0.5, 0.6) is 0 Å². The van der Waals surface area contributed by atoms with Crippen LogP contribution in [-0.2, 0) is 11.0 Å². The number of alkyl halides is 5. The van der Waals surface area contributed by atoms with Gasteiger partial charge in [0.2, 0.25) is 5.91 Å². The number of carbonyl (C=O) groups excluding carboxylic acids is 2. The summed E-state index contributed by atoms with van der Waals surface area (Å²) in [5, 5.41) is 10.3. The maximum absolute atomic E-state index is 13.9. The third-order valence-electron chi connectivity index (χ3n) is 8.83. The lowest BCUT2D eigenvalue weighted by Crippen LogP contribution is -2.46. The lowest BCUT2D eigenvalue weighted by Gasteiger charge is -2.30. The van der Waals surface area contributed by atoms with Gasteiger partial charge >= 0.3 is 6.18 Å².